The monoisotopic (exact) mass is 274 g/mol. The lowest BCUT2D eigenvalue weighted by Crippen LogP contribution is -2.21. The molecule has 0 spiro atoms. The molecule has 0 saturated heterocycles. The molecule has 2 aromatic rings. The van der Waals surface area contributed by atoms with Crippen molar-refractivity contribution in [3.05, 3.63) is 57.9 Å². The van der Waals surface area contributed by atoms with Gasteiger partial charge in [0, 0.05) is 31.4 Å². The highest BCUT2D eigenvalue weighted by Crippen LogP contribution is 2.18. The number of aromatic nitrogens is 2. The van der Waals surface area contributed by atoms with Crippen LogP contribution in [0.1, 0.15) is 24.1 Å². The van der Waals surface area contributed by atoms with E-state index >= 15 is 0 Å². The molecule has 0 radical (unpaired) electrons. The second kappa shape index (κ2) is 6.29. The fourth-order valence-electron chi connectivity index (χ4n) is 2.06. The normalized spacial score (nSPS) is 12.3. The number of benzene rings is 1. The summed E-state index contributed by atoms with van der Waals surface area (Å²) < 4.78 is 1.78. The van der Waals surface area contributed by atoms with Crippen molar-refractivity contribution in [1.82, 2.24) is 15.1 Å². The van der Waals surface area contributed by atoms with Crippen LogP contribution < -0.4 is 5.32 Å². The molecule has 0 amide bonds. The zero-order valence-corrected chi connectivity index (χ0v) is 11.6. The average Bonchev–Trinajstić information content (AvgIpc) is 2.84. The average molecular weight is 274 g/mol. The minimum absolute atomic E-state index is 0.0755. The highest BCUT2D eigenvalue weighted by Gasteiger charge is 2.10. The summed E-state index contributed by atoms with van der Waals surface area (Å²) in [6.45, 7) is 2.80. The third-order valence-corrected chi connectivity index (χ3v) is 3.20. The first-order chi connectivity index (χ1) is 9.56. The lowest BCUT2D eigenvalue weighted by molar-refractivity contribution is -0.384. The molecule has 1 aromatic carbocycles. The predicted octanol–water partition coefficient (Wildman–Crippen LogP) is 2.22. The Morgan fingerprint density at radius 2 is 2.30 bits per heavy atom. The summed E-state index contributed by atoms with van der Waals surface area (Å²) in [5.41, 5.74) is 2.22. The van der Waals surface area contributed by atoms with Crippen LogP contribution in [-0.4, -0.2) is 21.2 Å². The van der Waals surface area contributed by atoms with Gasteiger partial charge in [-0.1, -0.05) is 12.1 Å². The molecule has 0 aliphatic heterocycles. The summed E-state index contributed by atoms with van der Waals surface area (Å²) in [5.74, 6) is 0. The van der Waals surface area contributed by atoms with Crippen LogP contribution >= 0.6 is 0 Å². The molecule has 1 aromatic heterocycles. The predicted molar refractivity (Wildman–Crippen MR) is 76.4 cm³/mol. The number of aryl methyl sites for hydroxylation is 1. The van der Waals surface area contributed by atoms with Crippen LogP contribution in [0.4, 0.5) is 5.69 Å². The van der Waals surface area contributed by atoms with E-state index in [2.05, 4.69) is 10.4 Å². The van der Waals surface area contributed by atoms with Gasteiger partial charge in [-0.15, -0.1) is 0 Å². The lowest BCUT2D eigenvalue weighted by atomic mass is 10.1. The molecule has 0 fully saturated rings. The number of nitrogens with one attached hydrogen (secondary N) is 1. The first-order valence-corrected chi connectivity index (χ1v) is 6.51. The summed E-state index contributed by atoms with van der Waals surface area (Å²) in [6, 6.07) is 6.81. The van der Waals surface area contributed by atoms with Crippen LogP contribution in [0.2, 0.25) is 0 Å². The van der Waals surface area contributed by atoms with Crippen molar-refractivity contribution in [3.8, 4) is 0 Å². The molecular weight excluding hydrogens is 256 g/mol. The van der Waals surface area contributed by atoms with Crippen LogP contribution in [0.15, 0.2) is 36.7 Å². The quantitative estimate of drug-likeness (QED) is 0.647. The molecule has 6 nitrogen and oxygen atoms in total. The third kappa shape index (κ3) is 3.64. The van der Waals surface area contributed by atoms with Crippen LogP contribution in [-0.2, 0) is 13.5 Å². The minimum Gasteiger partial charge on any atom is -0.310 e. The van der Waals surface area contributed by atoms with E-state index in [0.717, 1.165) is 18.5 Å². The molecule has 106 valence electrons. The van der Waals surface area contributed by atoms with Crippen LogP contribution in [0.3, 0.4) is 0 Å². The molecule has 0 saturated carbocycles. The maximum Gasteiger partial charge on any atom is 0.269 e. The zero-order chi connectivity index (χ0) is 14.5. The Bertz CT molecular complexity index is 594. The first-order valence-electron chi connectivity index (χ1n) is 6.51. The van der Waals surface area contributed by atoms with Gasteiger partial charge in [-0.3, -0.25) is 14.8 Å². The minimum atomic E-state index is -0.369. The van der Waals surface area contributed by atoms with Crippen molar-refractivity contribution in [2.75, 3.05) is 6.54 Å². The molecule has 1 N–H and O–H groups in total. The molecule has 0 bridgehead atoms. The fraction of sp³-hybridized carbons (Fsp3) is 0.357. The highest BCUT2D eigenvalue weighted by atomic mass is 16.6. The van der Waals surface area contributed by atoms with E-state index in [1.807, 2.05) is 32.4 Å². The van der Waals surface area contributed by atoms with Crippen LogP contribution in [0.5, 0.6) is 0 Å². The Labute approximate surface area is 117 Å². The molecule has 1 heterocycles. The Balaban J connectivity index is 1.89. The fourth-order valence-corrected chi connectivity index (χ4v) is 2.06. The number of nitro groups is 1. The third-order valence-electron chi connectivity index (χ3n) is 3.20. The summed E-state index contributed by atoms with van der Waals surface area (Å²) in [6.07, 6.45) is 4.71. The van der Waals surface area contributed by atoms with Crippen molar-refractivity contribution >= 4 is 5.69 Å². The van der Waals surface area contributed by atoms with E-state index in [1.54, 1.807) is 16.8 Å². The largest absolute Gasteiger partial charge is 0.310 e. The van der Waals surface area contributed by atoms with Crippen molar-refractivity contribution in [1.29, 1.82) is 0 Å². The lowest BCUT2D eigenvalue weighted by Gasteiger charge is -2.13. The van der Waals surface area contributed by atoms with Gasteiger partial charge < -0.3 is 5.32 Å². The Hall–Kier alpha value is -2.21. The topological polar surface area (TPSA) is 73.0 Å². The summed E-state index contributed by atoms with van der Waals surface area (Å²) in [5, 5.41) is 18.2. The molecule has 6 heteroatoms. The number of nitro benzene ring substituents is 1. The van der Waals surface area contributed by atoms with E-state index in [0.29, 0.717) is 0 Å². The van der Waals surface area contributed by atoms with E-state index in [9.17, 15) is 10.1 Å². The van der Waals surface area contributed by atoms with E-state index in [4.69, 9.17) is 0 Å². The standard InChI is InChI=1S/C14H18N4O2/c1-11(13-4-3-5-14(8-13)18(19)20)15-7-6-12-9-16-17(2)10-12/h3-5,8-11,15H,6-7H2,1-2H3. The number of nitrogens with zero attached hydrogens (tertiary/aromatic N) is 3. The maximum absolute atomic E-state index is 10.8. The van der Waals surface area contributed by atoms with E-state index in [-0.39, 0.29) is 16.7 Å². The van der Waals surface area contributed by atoms with E-state index < -0.39 is 0 Å². The first kappa shape index (κ1) is 14.2. The molecule has 20 heavy (non-hydrogen) atoms. The van der Waals surface area contributed by atoms with Crippen molar-refractivity contribution in [2.24, 2.45) is 7.05 Å². The molecule has 1 unspecified atom stereocenters. The molecule has 1 atom stereocenters. The van der Waals surface area contributed by atoms with Gasteiger partial charge in [0.25, 0.3) is 5.69 Å². The van der Waals surface area contributed by atoms with Gasteiger partial charge in [0.2, 0.25) is 0 Å². The van der Waals surface area contributed by atoms with Gasteiger partial charge in [-0.2, -0.15) is 5.10 Å². The zero-order valence-electron chi connectivity index (χ0n) is 11.6. The summed E-state index contributed by atoms with van der Waals surface area (Å²) in [4.78, 5) is 10.4. The number of hydrogen-bond donors (Lipinski definition) is 1. The van der Waals surface area contributed by atoms with E-state index in [1.165, 1.54) is 11.6 Å². The Morgan fingerprint density at radius 1 is 1.50 bits per heavy atom. The van der Waals surface area contributed by atoms with Gasteiger partial charge in [0.1, 0.15) is 0 Å². The van der Waals surface area contributed by atoms with Crippen molar-refractivity contribution in [3.63, 3.8) is 0 Å². The van der Waals surface area contributed by atoms with Crippen LogP contribution in [0, 0.1) is 10.1 Å². The van der Waals surface area contributed by atoms with Crippen molar-refractivity contribution < 1.29 is 4.92 Å². The van der Waals surface area contributed by atoms with Gasteiger partial charge in [-0.05, 0) is 31.0 Å². The molecule has 2 rings (SSSR count). The van der Waals surface area contributed by atoms with Crippen LogP contribution in [0.25, 0.3) is 0 Å². The van der Waals surface area contributed by atoms with Gasteiger partial charge in [-0.25, -0.2) is 0 Å². The number of hydrogen-bond acceptors (Lipinski definition) is 4. The highest BCUT2D eigenvalue weighted by molar-refractivity contribution is 5.35. The SMILES string of the molecule is CC(NCCc1cnn(C)c1)c1cccc([N+](=O)[O-])c1. The summed E-state index contributed by atoms with van der Waals surface area (Å²) >= 11 is 0. The van der Waals surface area contributed by atoms with Crippen molar-refractivity contribution in [2.45, 2.75) is 19.4 Å². The molecule has 0 aliphatic carbocycles. The number of rotatable bonds is 6. The number of non-ortho nitro benzene ring substituents is 1. The van der Waals surface area contributed by atoms with Gasteiger partial charge in [0.05, 0.1) is 11.1 Å². The maximum atomic E-state index is 10.8. The van der Waals surface area contributed by atoms with Gasteiger partial charge in [0.15, 0.2) is 0 Å². The second-order valence-electron chi connectivity index (χ2n) is 4.80. The molecule has 0 aliphatic rings. The Kier molecular flexibility index (Phi) is 4.47. The van der Waals surface area contributed by atoms with Gasteiger partial charge >= 0.3 is 0 Å². The molecular formula is C14H18N4O2. The smallest absolute Gasteiger partial charge is 0.269 e. The summed E-state index contributed by atoms with van der Waals surface area (Å²) in [7, 11) is 1.89. The Morgan fingerprint density at radius 3 is 2.95 bits per heavy atom. The second-order valence-corrected chi connectivity index (χ2v) is 4.80.